The zero-order valence-electron chi connectivity index (χ0n) is 6.32. The van der Waals surface area contributed by atoms with Crippen LogP contribution in [0.5, 0.6) is 0 Å². The maximum atomic E-state index is 9.09. The van der Waals surface area contributed by atoms with E-state index in [9.17, 15) is 0 Å². The largest absolute Gasteiger partial charge is 0.392 e. The standard InChI is InChI=1S/C7H15NO2/c1-6(9)4-8-3-2-7(10)5-8/h6-7,9-10H,2-5H2,1H3/t6-,7?/m0/s1. The lowest BCUT2D eigenvalue weighted by atomic mass is 10.3. The van der Waals surface area contributed by atoms with Crippen molar-refractivity contribution in [2.75, 3.05) is 19.6 Å². The van der Waals surface area contributed by atoms with E-state index in [1.807, 2.05) is 0 Å². The van der Waals surface area contributed by atoms with E-state index in [1.165, 1.54) is 0 Å². The van der Waals surface area contributed by atoms with Crippen LogP contribution in [-0.4, -0.2) is 47.0 Å². The molecule has 0 aromatic carbocycles. The molecule has 1 aliphatic heterocycles. The molecule has 0 bridgehead atoms. The van der Waals surface area contributed by atoms with Gasteiger partial charge in [-0.1, -0.05) is 0 Å². The van der Waals surface area contributed by atoms with E-state index in [0.717, 1.165) is 19.5 Å². The molecule has 0 aliphatic carbocycles. The molecule has 1 fully saturated rings. The predicted octanol–water partition coefficient (Wildman–Crippen LogP) is -0.566. The van der Waals surface area contributed by atoms with Gasteiger partial charge >= 0.3 is 0 Å². The van der Waals surface area contributed by atoms with Crippen molar-refractivity contribution in [3.8, 4) is 0 Å². The average molecular weight is 145 g/mol. The number of hydrogen-bond acceptors (Lipinski definition) is 3. The van der Waals surface area contributed by atoms with Gasteiger partial charge in [0.15, 0.2) is 0 Å². The van der Waals surface area contributed by atoms with Crippen molar-refractivity contribution in [3.63, 3.8) is 0 Å². The molecule has 0 aromatic rings. The van der Waals surface area contributed by atoms with Crippen LogP contribution in [0, 0.1) is 0 Å². The summed E-state index contributed by atoms with van der Waals surface area (Å²) in [5.41, 5.74) is 0. The van der Waals surface area contributed by atoms with E-state index >= 15 is 0 Å². The molecule has 1 unspecified atom stereocenters. The maximum Gasteiger partial charge on any atom is 0.0679 e. The summed E-state index contributed by atoms with van der Waals surface area (Å²) in [5, 5.41) is 18.1. The van der Waals surface area contributed by atoms with E-state index in [0.29, 0.717) is 6.54 Å². The van der Waals surface area contributed by atoms with Crippen molar-refractivity contribution in [3.05, 3.63) is 0 Å². The molecular formula is C7H15NO2. The second-order valence-corrected chi connectivity index (χ2v) is 3.05. The van der Waals surface area contributed by atoms with Crippen LogP contribution in [0.15, 0.2) is 0 Å². The molecule has 60 valence electrons. The second-order valence-electron chi connectivity index (χ2n) is 3.05. The average Bonchev–Trinajstić information content (AvgIpc) is 2.13. The highest BCUT2D eigenvalue weighted by Gasteiger charge is 2.20. The van der Waals surface area contributed by atoms with Gasteiger partial charge in [-0.25, -0.2) is 0 Å². The summed E-state index contributed by atoms with van der Waals surface area (Å²) in [6.45, 7) is 4.11. The van der Waals surface area contributed by atoms with Gasteiger partial charge in [0.1, 0.15) is 0 Å². The highest BCUT2D eigenvalue weighted by Crippen LogP contribution is 2.08. The lowest BCUT2D eigenvalue weighted by Gasteiger charge is -2.15. The van der Waals surface area contributed by atoms with Crippen molar-refractivity contribution in [2.24, 2.45) is 0 Å². The quantitative estimate of drug-likeness (QED) is 0.547. The fourth-order valence-electron chi connectivity index (χ4n) is 1.35. The van der Waals surface area contributed by atoms with Crippen LogP contribution in [0.1, 0.15) is 13.3 Å². The lowest BCUT2D eigenvalue weighted by Crippen LogP contribution is -2.29. The Kier molecular flexibility index (Phi) is 2.65. The first kappa shape index (κ1) is 7.98. The number of β-amino-alcohol motifs (C(OH)–C–C–N with tert-alkyl or cyclic N) is 2. The first-order valence-corrected chi connectivity index (χ1v) is 3.77. The van der Waals surface area contributed by atoms with Gasteiger partial charge in [0.2, 0.25) is 0 Å². The normalized spacial score (nSPS) is 30.9. The van der Waals surface area contributed by atoms with Gasteiger partial charge in [0, 0.05) is 19.6 Å². The van der Waals surface area contributed by atoms with E-state index in [4.69, 9.17) is 10.2 Å². The van der Waals surface area contributed by atoms with Gasteiger partial charge in [-0.05, 0) is 13.3 Å². The minimum atomic E-state index is -0.273. The van der Waals surface area contributed by atoms with Crippen LogP contribution in [0.25, 0.3) is 0 Å². The zero-order chi connectivity index (χ0) is 7.56. The molecule has 0 spiro atoms. The van der Waals surface area contributed by atoms with Crippen LogP contribution in [0.2, 0.25) is 0 Å². The number of rotatable bonds is 2. The molecule has 1 heterocycles. The molecule has 2 atom stereocenters. The van der Waals surface area contributed by atoms with Crippen LogP contribution in [-0.2, 0) is 0 Å². The number of likely N-dealkylation sites (tertiary alicyclic amines) is 1. The molecule has 0 radical (unpaired) electrons. The molecule has 3 heteroatoms. The highest BCUT2D eigenvalue weighted by molar-refractivity contribution is 4.75. The molecular weight excluding hydrogens is 130 g/mol. The Balaban J connectivity index is 2.18. The molecule has 0 aromatic heterocycles. The van der Waals surface area contributed by atoms with Crippen LogP contribution in [0.3, 0.4) is 0 Å². The van der Waals surface area contributed by atoms with E-state index < -0.39 is 0 Å². The van der Waals surface area contributed by atoms with Crippen molar-refractivity contribution in [2.45, 2.75) is 25.6 Å². The van der Waals surface area contributed by atoms with E-state index in [1.54, 1.807) is 6.92 Å². The molecule has 1 aliphatic rings. The monoisotopic (exact) mass is 145 g/mol. The van der Waals surface area contributed by atoms with E-state index in [2.05, 4.69) is 4.90 Å². The molecule has 0 amide bonds. The Hall–Kier alpha value is -0.120. The summed E-state index contributed by atoms with van der Waals surface area (Å²) in [4.78, 5) is 2.08. The number of nitrogens with zero attached hydrogens (tertiary/aromatic N) is 1. The summed E-state index contributed by atoms with van der Waals surface area (Å²) >= 11 is 0. The first-order valence-electron chi connectivity index (χ1n) is 3.77. The van der Waals surface area contributed by atoms with Crippen molar-refractivity contribution in [1.82, 2.24) is 4.90 Å². The van der Waals surface area contributed by atoms with E-state index in [-0.39, 0.29) is 12.2 Å². The third-order valence-corrected chi connectivity index (χ3v) is 1.77. The molecule has 2 N–H and O–H groups in total. The van der Waals surface area contributed by atoms with Gasteiger partial charge in [-0.3, -0.25) is 4.90 Å². The van der Waals surface area contributed by atoms with Gasteiger partial charge < -0.3 is 10.2 Å². The number of aliphatic hydroxyl groups excluding tert-OH is 2. The van der Waals surface area contributed by atoms with Crippen molar-refractivity contribution >= 4 is 0 Å². The zero-order valence-corrected chi connectivity index (χ0v) is 6.32. The fraction of sp³-hybridized carbons (Fsp3) is 1.00. The Morgan fingerprint density at radius 2 is 2.40 bits per heavy atom. The lowest BCUT2D eigenvalue weighted by molar-refractivity contribution is 0.125. The third-order valence-electron chi connectivity index (χ3n) is 1.77. The maximum absolute atomic E-state index is 9.09. The van der Waals surface area contributed by atoms with Gasteiger partial charge in [-0.15, -0.1) is 0 Å². The molecule has 3 nitrogen and oxygen atoms in total. The SMILES string of the molecule is C[C@H](O)CN1CCC(O)C1. The summed E-state index contributed by atoms with van der Waals surface area (Å²) < 4.78 is 0. The topological polar surface area (TPSA) is 43.7 Å². The van der Waals surface area contributed by atoms with Crippen LogP contribution >= 0.6 is 0 Å². The fourth-order valence-corrected chi connectivity index (χ4v) is 1.35. The molecule has 1 saturated heterocycles. The van der Waals surface area contributed by atoms with Crippen molar-refractivity contribution in [1.29, 1.82) is 0 Å². The Morgan fingerprint density at radius 1 is 1.70 bits per heavy atom. The molecule has 1 rings (SSSR count). The molecule has 10 heavy (non-hydrogen) atoms. The molecule has 0 saturated carbocycles. The van der Waals surface area contributed by atoms with Crippen LogP contribution < -0.4 is 0 Å². The number of aliphatic hydroxyl groups is 2. The minimum absolute atomic E-state index is 0.168. The summed E-state index contributed by atoms with van der Waals surface area (Å²) in [6, 6.07) is 0. The van der Waals surface area contributed by atoms with Gasteiger partial charge in [0.05, 0.1) is 12.2 Å². The Bertz CT molecular complexity index is 106. The minimum Gasteiger partial charge on any atom is -0.392 e. The predicted molar refractivity (Wildman–Crippen MR) is 38.7 cm³/mol. The summed E-state index contributed by atoms with van der Waals surface area (Å²) in [5.74, 6) is 0. The van der Waals surface area contributed by atoms with Gasteiger partial charge in [0.25, 0.3) is 0 Å². The third kappa shape index (κ3) is 2.25. The second kappa shape index (κ2) is 3.32. The highest BCUT2D eigenvalue weighted by atomic mass is 16.3. The van der Waals surface area contributed by atoms with Gasteiger partial charge in [-0.2, -0.15) is 0 Å². The smallest absolute Gasteiger partial charge is 0.0679 e. The Morgan fingerprint density at radius 3 is 2.80 bits per heavy atom. The first-order chi connectivity index (χ1) is 4.68. The van der Waals surface area contributed by atoms with Crippen LogP contribution in [0.4, 0.5) is 0 Å². The number of hydrogen-bond donors (Lipinski definition) is 2. The van der Waals surface area contributed by atoms with Crippen molar-refractivity contribution < 1.29 is 10.2 Å². The summed E-state index contributed by atoms with van der Waals surface area (Å²) in [7, 11) is 0. The Labute approximate surface area is 61.3 Å². The summed E-state index contributed by atoms with van der Waals surface area (Å²) in [6.07, 6.45) is 0.413.